The number of hydrogen-bond acceptors (Lipinski definition) is 5. The first-order chi connectivity index (χ1) is 14.2. The molecule has 1 aliphatic heterocycles. The summed E-state index contributed by atoms with van der Waals surface area (Å²) in [6, 6.07) is 13.7. The predicted octanol–water partition coefficient (Wildman–Crippen LogP) is 1.81. The van der Waals surface area contributed by atoms with Crippen molar-refractivity contribution < 1.29 is 21.9 Å². The molecule has 0 saturated carbocycles. The second kappa shape index (κ2) is 7.96. The molecule has 0 amide bonds. The molecule has 2 aromatic rings. The predicted molar refractivity (Wildman–Crippen MR) is 115 cm³/mol. The van der Waals surface area contributed by atoms with Crippen LogP contribution in [0.2, 0.25) is 0 Å². The molecule has 1 atom stereocenters. The number of aliphatic hydroxyl groups is 1. The van der Waals surface area contributed by atoms with E-state index in [-0.39, 0.29) is 17.2 Å². The Balaban J connectivity index is 1.45. The molecule has 7 nitrogen and oxygen atoms in total. The molecule has 0 aromatic heterocycles. The van der Waals surface area contributed by atoms with E-state index in [2.05, 4.69) is 4.72 Å². The average Bonchev–Trinajstić information content (AvgIpc) is 2.72. The maximum atomic E-state index is 12.7. The summed E-state index contributed by atoms with van der Waals surface area (Å²) in [5, 5.41) is 10.9. The fourth-order valence-corrected chi connectivity index (χ4v) is 6.88. The Kier molecular flexibility index (Phi) is 5.65. The summed E-state index contributed by atoms with van der Waals surface area (Å²) in [5.41, 5.74) is 1.56. The number of aryl methyl sites for hydroxylation is 1. The van der Waals surface area contributed by atoms with Crippen molar-refractivity contribution in [1.82, 2.24) is 4.72 Å². The molecule has 0 spiro atoms. The van der Waals surface area contributed by atoms with Crippen molar-refractivity contribution in [2.24, 2.45) is 0 Å². The Labute approximate surface area is 177 Å². The summed E-state index contributed by atoms with van der Waals surface area (Å²) in [7, 11) is -7.18. The molecule has 1 aliphatic carbocycles. The summed E-state index contributed by atoms with van der Waals surface area (Å²) >= 11 is 0. The number of nitrogens with zero attached hydrogens (tertiary/aromatic N) is 1. The highest BCUT2D eigenvalue weighted by molar-refractivity contribution is 7.92. The van der Waals surface area contributed by atoms with Gasteiger partial charge in [0, 0.05) is 19.5 Å². The van der Waals surface area contributed by atoms with Crippen LogP contribution in [0.4, 0.5) is 5.69 Å². The summed E-state index contributed by atoms with van der Waals surface area (Å²) in [5.74, 6) is 0.107. The summed E-state index contributed by atoms with van der Waals surface area (Å²) in [6.45, 7) is 0.326. The summed E-state index contributed by atoms with van der Waals surface area (Å²) in [6.07, 6.45) is 3.01. The largest absolute Gasteiger partial charge is 0.388 e. The van der Waals surface area contributed by atoms with Crippen molar-refractivity contribution in [1.29, 1.82) is 0 Å². The van der Waals surface area contributed by atoms with Gasteiger partial charge in [-0.25, -0.2) is 21.6 Å². The van der Waals surface area contributed by atoms with Crippen LogP contribution in [0.25, 0.3) is 0 Å². The lowest BCUT2D eigenvalue weighted by Gasteiger charge is -2.33. The van der Waals surface area contributed by atoms with Gasteiger partial charge in [0.05, 0.1) is 21.9 Å². The Morgan fingerprint density at radius 2 is 1.73 bits per heavy atom. The first-order valence-electron chi connectivity index (χ1n) is 10.1. The third kappa shape index (κ3) is 4.39. The van der Waals surface area contributed by atoms with E-state index in [1.165, 1.54) is 34.1 Å². The molecule has 30 heavy (non-hydrogen) atoms. The van der Waals surface area contributed by atoms with E-state index in [0.717, 1.165) is 12.0 Å². The van der Waals surface area contributed by atoms with E-state index in [1.54, 1.807) is 0 Å². The van der Waals surface area contributed by atoms with Crippen LogP contribution in [-0.2, 0) is 32.9 Å². The van der Waals surface area contributed by atoms with Crippen molar-refractivity contribution in [3.8, 4) is 0 Å². The highest BCUT2D eigenvalue weighted by Gasteiger charge is 2.33. The van der Waals surface area contributed by atoms with Crippen molar-refractivity contribution in [3.05, 3.63) is 59.7 Å². The first kappa shape index (κ1) is 21.3. The van der Waals surface area contributed by atoms with Crippen LogP contribution >= 0.6 is 0 Å². The molecular formula is C21H26N2O5S2. The monoisotopic (exact) mass is 450 g/mol. The molecule has 4 rings (SSSR count). The van der Waals surface area contributed by atoms with Crippen LogP contribution < -0.4 is 9.03 Å². The van der Waals surface area contributed by atoms with E-state index >= 15 is 0 Å². The molecule has 162 valence electrons. The lowest BCUT2D eigenvalue weighted by Crippen LogP contribution is -2.46. The van der Waals surface area contributed by atoms with Crippen molar-refractivity contribution in [2.75, 3.05) is 23.1 Å². The maximum absolute atomic E-state index is 12.7. The minimum atomic E-state index is -3.83. The summed E-state index contributed by atoms with van der Waals surface area (Å²) < 4.78 is 53.8. The van der Waals surface area contributed by atoms with Gasteiger partial charge in [0.25, 0.3) is 0 Å². The molecular weight excluding hydrogens is 424 g/mol. The van der Waals surface area contributed by atoms with Crippen LogP contribution in [-0.4, -0.2) is 46.4 Å². The van der Waals surface area contributed by atoms with E-state index < -0.39 is 25.6 Å². The number of benzene rings is 2. The second-order valence-corrected chi connectivity index (χ2v) is 11.9. The molecule has 0 bridgehead atoms. The Hall–Kier alpha value is -1.94. The number of sulfonamides is 2. The molecule has 9 heteroatoms. The van der Waals surface area contributed by atoms with Crippen molar-refractivity contribution >= 4 is 25.7 Å². The Morgan fingerprint density at radius 1 is 1.03 bits per heavy atom. The van der Waals surface area contributed by atoms with E-state index in [0.29, 0.717) is 37.9 Å². The zero-order chi connectivity index (χ0) is 21.4. The fraction of sp³-hybridized carbons (Fsp3) is 0.429. The van der Waals surface area contributed by atoms with Gasteiger partial charge in [-0.2, -0.15) is 0 Å². The molecule has 1 fully saturated rings. The number of hydrogen-bond donors (Lipinski definition) is 2. The van der Waals surface area contributed by atoms with Crippen LogP contribution in [0, 0.1) is 0 Å². The van der Waals surface area contributed by atoms with Gasteiger partial charge in [-0.05, 0) is 61.1 Å². The van der Waals surface area contributed by atoms with E-state index in [9.17, 15) is 21.9 Å². The summed E-state index contributed by atoms with van der Waals surface area (Å²) in [4.78, 5) is 0.0421. The van der Waals surface area contributed by atoms with Crippen LogP contribution in [0.1, 0.15) is 30.4 Å². The van der Waals surface area contributed by atoms with Gasteiger partial charge in [-0.1, -0.05) is 24.3 Å². The minimum Gasteiger partial charge on any atom is -0.388 e. The fourth-order valence-electron chi connectivity index (χ4n) is 4.12. The van der Waals surface area contributed by atoms with Gasteiger partial charge in [-0.15, -0.1) is 0 Å². The van der Waals surface area contributed by atoms with Gasteiger partial charge < -0.3 is 5.11 Å². The quantitative estimate of drug-likeness (QED) is 0.723. The molecule has 0 unspecified atom stereocenters. The van der Waals surface area contributed by atoms with Crippen LogP contribution in [0.3, 0.4) is 0 Å². The van der Waals surface area contributed by atoms with Crippen LogP contribution in [0.5, 0.6) is 0 Å². The minimum absolute atomic E-state index is 0.0421. The SMILES string of the molecule is O=S(=O)(NC[C@]1(O)CCc2ccccc2C1)c1ccc(N2CCCCS2(=O)=O)cc1. The number of rotatable bonds is 5. The van der Waals surface area contributed by atoms with Gasteiger partial charge in [-0.3, -0.25) is 4.31 Å². The standard InChI is InChI=1S/C21H26N2O5S2/c24-21(12-11-17-5-1-2-6-18(17)15-21)16-22-30(27,28)20-9-7-19(8-10-20)23-13-3-4-14-29(23,25)26/h1-2,5-10,22,24H,3-4,11-16H2/t21-/m0/s1. The lowest BCUT2D eigenvalue weighted by atomic mass is 9.80. The molecule has 1 heterocycles. The second-order valence-electron chi connectivity index (χ2n) is 8.08. The number of anilines is 1. The number of nitrogens with one attached hydrogen (secondary N) is 1. The van der Waals surface area contributed by atoms with Crippen LogP contribution in [0.15, 0.2) is 53.4 Å². The maximum Gasteiger partial charge on any atom is 0.240 e. The molecule has 2 aliphatic rings. The molecule has 2 aromatic carbocycles. The lowest BCUT2D eigenvalue weighted by molar-refractivity contribution is 0.0317. The normalized spacial score (nSPS) is 23.7. The highest BCUT2D eigenvalue weighted by Crippen LogP contribution is 2.29. The average molecular weight is 451 g/mol. The van der Waals surface area contributed by atoms with E-state index in [1.807, 2.05) is 24.3 Å². The highest BCUT2D eigenvalue weighted by atomic mass is 32.2. The van der Waals surface area contributed by atoms with Crippen molar-refractivity contribution in [3.63, 3.8) is 0 Å². The smallest absolute Gasteiger partial charge is 0.240 e. The van der Waals surface area contributed by atoms with Gasteiger partial charge >= 0.3 is 0 Å². The third-order valence-corrected chi connectivity index (χ3v) is 9.16. The molecule has 1 saturated heterocycles. The molecule has 0 radical (unpaired) electrons. The Bertz CT molecular complexity index is 1130. The van der Waals surface area contributed by atoms with Gasteiger partial charge in [0.15, 0.2) is 0 Å². The Morgan fingerprint density at radius 3 is 2.43 bits per heavy atom. The zero-order valence-corrected chi connectivity index (χ0v) is 18.3. The van der Waals surface area contributed by atoms with Gasteiger partial charge in [0.1, 0.15) is 0 Å². The number of fused-ring (bicyclic) bond motifs is 1. The third-order valence-electron chi connectivity index (χ3n) is 5.87. The van der Waals surface area contributed by atoms with Gasteiger partial charge in [0.2, 0.25) is 20.0 Å². The molecule has 2 N–H and O–H groups in total. The topological polar surface area (TPSA) is 104 Å². The van der Waals surface area contributed by atoms with Crippen molar-refractivity contribution in [2.45, 2.75) is 42.6 Å². The zero-order valence-electron chi connectivity index (χ0n) is 16.6. The van der Waals surface area contributed by atoms with E-state index in [4.69, 9.17) is 0 Å². The first-order valence-corrected chi connectivity index (χ1v) is 13.2.